The highest BCUT2D eigenvalue weighted by molar-refractivity contribution is 5.90. The Balaban J connectivity index is 2.77. The molecule has 0 amide bonds. The lowest BCUT2D eigenvalue weighted by Gasteiger charge is -2.47. The number of carbonyl (C=O) groups is 6. The summed E-state index contributed by atoms with van der Waals surface area (Å²) in [6, 6.07) is 0. The van der Waals surface area contributed by atoms with Crippen molar-refractivity contribution in [3.63, 3.8) is 0 Å². The monoisotopic (exact) mass is 778 g/mol. The summed E-state index contributed by atoms with van der Waals surface area (Å²) in [5, 5.41) is 40.9. The number of hydrogen-bond donors (Lipinski definition) is 4. The molecule has 2 aliphatic rings. The van der Waals surface area contributed by atoms with Gasteiger partial charge in [0.2, 0.25) is 12.1 Å². The molecular weight excluding hydrogens is 720 g/mol. The molecule has 0 spiro atoms. The van der Waals surface area contributed by atoms with E-state index in [-0.39, 0.29) is 12.3 Å². The standard InChI is InChI=1S/C36H58O18/c1-9-20(7)33(45)47-16-23-28(51-34(46)21(8)10-2)29(50-25(40)13-11-12-18(3)4)30(52-32(44)19(5)6)35(49-23)54-36(17-48-26(41)14-24(38)39)31(43)27(42)22(15-37)53-36/h18-23,27-31,35,37,42-43H,9-17H2,1-8H3,(H,38,39)/t20?,21?,22-,23-,27-,28-,29+,30-,31+,35-,36+/m1/s1. The summed E-state index contributed by atoms with van der Waals surface area (Å²) >= 11 is 0. The lowest BCUT2D eigenvalue weighted by Crippen LogP contribution is -2.66. The minimum atomic E-state index is -2.63. The quantitative estimate of drug-likeness (QED) is 0.0729. The summed E-state index contributed by atoms with van der Waals surface area (Å²) in [6.45, 7) is 11.1. The maximum atomic E-state index is 13.4. The third-order valence-corrected chi connectivity index (χ3v) is 9.15. The van der Waals surface area contributed by atoms with Crippen molar-refractivity contribution in [2.24, 2.45) is 23.7 Å². The zero-order valence-corrected chi connectivity index (χ0v) is 32.3. The molecule has 11 atom stereocenters. The molecule has 0 aromatic heterocycles. The topological polar surface area (TPSA) is 257 Å². The van der Waals surface area contributed by atoms with Gasteiger partial charge >= 0.3 is 35.8 Å². The average molecular weight is 779 g/mol. The van der Waals surface area contributed by atoms with Crippen molar-refractivity contribution in [1.29, 1.82) is 0 Å². The Hall–Kier alpha value is -3.42. The predicted molar refractivity (Wildman–Crippen MR) is 183 cm³/mol. The van der Waals surface area contributed by atoms with Crippen molar-refractivity contribution in [2.75, 3.05) is 19.8 Å². The van der Waals surface area contributed by atoms with E-state index in [1.165, 1.54) is 13.8 Å². The zero-order valence-electron chi connectivity index (χ0n) is 32.3. The summed E-state index contributed by atoms with van der Waals surface area (Å²) in [5.41, 5.74) is 0. The Morgan fingerprint density at radius 3 is 1.91 bits per heavy atom. The van der Waals surface area contributed by atoms with Gasteiger partial charge in [0.05, 0.1) is 24.4 Å². The predicted octanol–water partition coefficient (Wildman–Crippen LogP) is 1.41. The van der Waals surface area contributed by atoms with Crippen molar-refractivity contribution >= 4 is 35.8 Å². The van der Waals surface area contributed by atoms with Gasteiger partial charge in [0, 0.05) is 6.42 Å². The van der Waals surface area contributed by atoms with Crippen molar-refractivity contribution < 1.29 is 87.1 Å². The lowest BCUT2D eigenvalue weighted by atomic mass is 9.96. The molecule has 0 aliphatic carbocycles. The number of carboxylic acids is 1. The van der Waals surface area contributed by atoms with Crippen LogP contribution in [-0.4, -0.2) is 131 Å². The number of carboxylic acid groups (broad SMARTS) is 1. The Morgan fingerprint density at radius 2 is 1.37 bits per heavy atom. The molecule has 0 radical (unpaired) electrons. The van der Waals surface area contributed by atoms with Crippen molar-refractivity contribution in [2.45, 2.75) is 149 Å². The number of esters is 5. The van der Waals surface area contributed by atoms with Gasteiger partial charge in [-0.1, -0.05) is 61.8 Å². The van der Waals surface area contributed by atoms with Crippen LogP contribution in [0.25, 0.3) is 0 Å². The number of aliphatic hydroxyl groups is 3. The van der Waals surface area contributed by atoms with Gasteiger partial charge in [-0.05, 0) is 25.2 Å². The number of aliphatic carboxylic acids is 1. The van der Waals surface area contributed by atoms with Crippen LogP contribution in [0.5, 0.6) is 0 Å². The van der Waals surface area contributed by atoms with Gasteiger partial charge < -0.3 is 58.3 Å². The van der Waals surface area contributed by atoms with Crippen LogP contribution in [0.3, 0.4) is 0 Å². The Labute approximate surface area is 315 Å². The fraction of sp³-hybridized carbons (Fsp3) is 0.833. The molecule has 0 bridgehead atoms. The first-order valence-electron chi connectivity index (χ1n) is 18.4. The highest BCUT2D eigenvalue weighted by Crippen LogP contribution is 2.39. The molecule has 2 saturated heterocycles. The molecular formula is C36H58O18. The van der Waals surface area contributed by atoms with Gasteiger partial charge in [0.25, 0.3) is 0 Å². The van der Waals surface area contributed by atoms with Gasteiger partial charge in [-0.15, -0.1) is 0 Å². The summed E-state index contributed by atoms with van der Waals surface area (Å²) in [5.74, 6) is -10.3. The van der Waals surface area contributed by atoms with E-state index in [1.54, 1.807) is 27.7 Å². The smallest absolute Gasteiger partial charge is 0.317 e. The molecule has 2 unspecified atom stereocenters. The van der Waals surface area contributed by atoms with Crippen LogP contribution in [0.1, 0.15) is 93.9 Å². The Bertz CT molecular complexity index is 1270. The average Bonchev–Trinajstić information content (AvgIpc) is 3.35. The maximum Gasteiger partial charge on any atom is 0.317 e. The molecule has 2 rings (SSSR count). The lowest BCUT2D eigenvalue weighted by molar-refractivity contribution is -0.384. The van der Waals surface area contributed by atoms with Crippen molar-refractivity contribution in [1.82, 2.24) is 0 Å². The minimum Gasteiger partial charge on any atom is -0.481 e. The molecule has 0 saturated carbocycles. The van der Waals surface area contributed by atoms with Crippen LogP contribution in [-0.2, 0) is 66.7 Å². The second-order valence-corrected chi connectivity index (χ2v) is 14.4. The summed E-state index contributed by atoms with van der Waals surface area (Å²) in [6.07, 6.45) is -13.5. The molecule has 54 heavy (non-hydrogen) atoms. The van der Waals surface area contributed by atoms with Crippen LogP contribution in [0, 0.1) is 23.7 Å². The first kappa shape index (κ1) is 46.7. The van der Waals surface area contributed by atoms with Crippen LogP contribution < -0.4 is 0 Å². The SMILES string of the molecule is CCC(C)C(=O)OC[C@H]1O[C@H](O[C@]2(COC(=O)CC(=O)O)O[C@H](CO)[C@@H](O)[C@@H]2O)[C@H](OC(=O)C(C)C)[C@@H](OC(=O)CCCC(C)C)[C@@H]1OC(=O)C(C)CC. The maximum absolute atomic E-state index is 13.4. The van der Waals surface area contributed by atoms with Gasteiger partial charge in [-0.3, -0.25) is 28.8 Å². The highest BCUT2D eigenvalue weighted by atomic mass is 16.8. The second kappa shape index (κ2) is 21.6. The molecule has 2 heterocycles. The number of ether oxygens (including phenoxy) is 8. The van der Waals surface area contributed by atoms with E-state index >= 15 is 0 Å². The molecule has 2 aliphatic heterocycles. The van der Waals surface area contributed by atoms with E-state index in [2.05, 4.69) is 0 Å². The van der Waals surface area contributed by atoms with Crippen molar-refractivity contribution in [3.05, 3.63) is 0 Å². The zero-order chi connectivity index (χ0) is 40.9. The molecule has 2 fully saturated rings. The van der Waals surface area contributed by atoms with Crippen LogP contribution >= 0.6 is 0 Å². The van der Waals surface area contributed by atoms with E-state index < -0.39 is 135 Å². The van der Waals surface area contributed by atoms with Gasteiger partial charge in [-0.25, -0.2) is 0 Å². The van der Waals surface area contributed by atoms with E-state index in [1.807, 2.05) is 13.8 Å². The van der Waals surface area contributed by atoms with Crippen LogP contribution in [0.2, 0.25) is 0 Å². The first-order chi connectivity index (χ1) is 25.3. The Kier molecular flexibility index (Phi) is 18.7. The van der Waals surface area contributed by atoms with Crippen LogP contribution in [0.15, 0.2) is 0 Å². The van der Waals surface area contributed by atoms with Gasteiger partial charge in [0.15, 0.2) is 18.3 Å². The number of hydrogen-bond acceptors (Lipinski definition) is 17. The fourth-order valence-corrected chi connectivity index (χ4v) is 5.34. The normalized spacial score (nSPS) is 29.3. The second-order valence-electron chi connectivity index (χ2n) is 14.4. The van der Waals surface area contributed by atoms with E-state index in [0.717, 1.165) is 0 Å². The largest absolute Gasteiger partial charge is 0.481 e. The first-order valence-corrected chi connectivity index (χ1v) is 18.4. The summed E-state index contributed by atoms with van der Waals surface area (Å²) in [7, 11) is 0. The number of rotatable bonds is 21. The third kappa shape index (κ3) is 13.1. The number of aliphatic hydroxyl groups excluding tert-OH is 3. The molecule has 4 N–H and O–H groups in total. The van der Waals surface area contributed by atoms with E-state index in [0.29, 0.717) is 25.7 Å². The summed E-state index contributed by atoms with van der Waals surface area (Å²) in [4.78, 5) is 76.3. The molecule has 18 nitrogen and oxygen atoms in total. The van der Waals surface area contributed by atoms with Gasteiger partial charge in [0.1, 0.15) is 44.1 Å². The van der Waals surface area contributed by atoms with Gasteiger partial charge in [-0.2, -0.15) is 0 Å². The van der Waals surface area contributed by atoms with Crippen LogP contribution in [0.4, 0.5) is 0 Å². The van der Waals surface area contributed by atoms with Crippen molar-refractivity contribution in [3.8, 4) is 0 Å². The molecule has 0 aromatic rings. The molecule has 0 aromatic carbocycles. The minimum absolute atomic E-state index is 0.0960. The fourth-order valence-electron chi connectivity index (χ4n) is 5.34. The van der Waals surface area contributed by atoms with E-state index in [4.69, 9.17) is 43.0 Å². The highest BCUT2D eigenvalue weighted by Gasteiger charge is 2.61. The Morgan fingerprint density at radius 1 is 0.759 bits per heavy atom. The molecule has 310 valence electrons. The van der Waals surface area contributed by atoms with E-state index in [9.17, 15) is 44.1 Å². The molecule has 18 heteroatoms. The summed E-state index contributed by atoms with van der Waals surface area (Å²) < 4.78 is 46.2. The third-order valence-electron chi connectivity index (χ3n) is 9.15. The number of carbonyl (C=O) groups excluding carboxylic acids is 5.